The molecule has 3 rings (SSSR count). The van der Waals surface area contributed by atoms with Gasteiger partial charge in [-0.05, 0) is 86.1 Å². The number of rotatable bonds is 9. The van der Waals surface area contributed by atoms with E-state index in [9.17, 15) is 18.8 Å². The molecule has 186 valence electrons. The number of carbonyl (C=O) groups excluding carboxylic acids is 3. The second kappa shape index (κ2) is 12.7. The molecule has 0 aromatic heterocycles. The molecule has 0 bridgehead atoms. The predicted octanol–water partition coefficient (Wildman–Crippen LogP) is 3.93. The number of hydrogen-bond acceptors (Lipinski definition) is 7. The van der Waals surface area contributed by atoms with E-state index in [-0.39, 0.29) is 11.4 Å². The highest BCUT2D eigenvalue weighted by Crippen LogP contribution is 2.29. The summed E-state index contributed by atoms with van der Waals surface area (Å²) in [5, 5.41) is 6.09. The zero-order chi connectivity index (χ0) is 25.9. The van der Waals surface area contributed by atoms with Crippen molar-refractivity contribution < 1.29 is 33.0 Å². The van der Waals surface area contributed by atoms with Crippen molar-refractivity contribution in [3.63, 3.8) is 0 Å². The molecule has 3 aromatic carbocycles. The number of nitrogens with zero attached hydrogens (tertiary/aromatic N) is 1. The summed E-state index contributed by atoms with van der Waals surface area (Å²) in [4.78, 5) is 36.4. The lowest BCUT2D eigenvalue weighted by molar-refractivity contribution is -0.136. The summed E-state index contributed by atoms with van der Waals surface area (Å²) in [7, 11) is 0. The second-order valence-corrected chi connectivity index (χ2v) is 7.15. The van der Waals surface area contributed by atoms with Gasteiger partial charge in [-0.2, -0.15) is 5.10 Å². The van der Waals surface area contributed by atoms with Gasteiger partial charge in [0.1, 0.15) is 11.6 Å². The largest absolute Gasteiger partial charge is 0.494 e. The van der Waals surface area contributed by atoms with E-state index in [4.69, 9.17) is 14.2 Å². The maximum Gasteiger partial charge on any atom is 0.343 e. The van der Waals surface area contributed by atoms with E-state index in [1.54, 1.807) is 43.3 Å². The third-order valence-electron chi connectivity index (χ3n) is 4.56. The third kappa shape index (κ3) is 7.39. The highest BCUT2D eigenvalue weighted by molar-refractivity contribution is 6.39. The minimum absolute atomic E-state index is 0.204. The first kappa shape index (κ1) is 25.9. The molecule has 2 amide bonds. The van der Waals surface area contributed by atoms with Gasteiger partial charge < -0.3 is 19.5 Å². The van der Waals surface area contributed by atoms with E-state index in [2.05, 4.69) is 15.8 Å². The van der Waals surface area contributed by atoms with Crippen molar-refractivity contribution in [3.05, 3.63) is 83.7 Å². The first-order valence-electron chi connectivity index (χ1n) is 11.0. The number of benzene rings is 3. The molecule has 3 aromatic rings. The lowest BCUT2D eigenvalue weighted by atomic mass is 10.2. The van der Waals surface area contributed by atoms with E-state index in [0.29, 0.717) is 35.8 Å². The Morgan fingerprint density at radius 2 is 1.56 bits per heavy atom. The predicted molar refractivity (Wildman–Crippen MR) is 131 cm³/mol. The summed E-state index contributed by atoms with van der Waals surface area (Å²) in [6.45, 7) is 4.48. The second-order valence-electron chi connectivity index (χ2n) is 7.15. The molecule has 0 spiro atoms. The van der Waals surface area contributed by atoms with Crippen LogP contribution >= 0.6 is 0 Å². The Morgan fingerprint density at radius 3 is 2.22 bits per heavy atom. The van der Waals surface area contributed by atoms with Crippen LogP contribution in [0.4, 0.5) is 10.1 Å². The van der Waals surface area contributed by atoms with Crippen LogP contribution < -0.4 is 25.0 Å². The van der Waals surface area contributed by atoms with Crippen LogP contribution in [0.3, 0.4) is 0 Å². The molecule has 0 aliphatic carbocycles. The molecule has 0 atom stereocenters. The molecule has 0 aliphatic rings. The minimum Gasteiger partial charge on any atom is -0.494 e. The monoisotopic (exact) mass is 493 g/mol. The fourth-order valence-corrected chi connectivity index (χ4v) is 2.91. The van der Waals surface area contributed by atoms with Crippen molar-refractivity contribution >= 4 is 29.7 Å². The standard InChI is InChI=1S/C26H24FN3O6/c1-3-34-21-12-6-18(7-13-21)26(33)36-22-14-5-17(15-23(22)35-4-2)16-28-30-25(32)24(31)29-20-10-8-19(27)9-11-20/h5-16H,3-4H2,1-2H3,(H,29,31)(H,30,32)/b28-16+. The van der Waals surface area contributed by atoms with Crippen molar-refractivity contribution in [1.82, 2.24) is 5.43 Å². The Morgan fingerprint density at radius 1 is 0.861 bits per heavy atom. The maximum atomic E-state index is 12.9. The van der Waals surface area contributed by atoms with E-state index in [1.807, 2.05) is 6.92 Å². The van der Waals surface area contributed by atoms with E-state index in [0.717, 1.165) is 12.1 Å². The number of hydrogen-bond donors (Lipinski definition) is 2. The number of anilines is 1. The van der Waals surface area contributed by atoms with Crippen LogP contribution in [0.5, 0.6) is 17.2 Å². The molecule has 0 radical (unpaired) electrons. The van der Waals surface area contributed by atoms with Crippen LogP contribution in [-0.4, -0.2) is 37.2 Å². The van der Waals surface area contributed by atoms with Crippen molar-refractivity contribution in [1.29, 1.82) is 0 Å². The van der Waals surface area contributed by atoms with Crippen LogP contribution in [0.1, 0.15) is 29.8 Å². The average molecular weight is 493 g/mol. The Balaban J connectivity index is 1.62. The topological polar surface area (TPSA) is 115 Å². The Labute approximate surface area is 206 Å². The summed E-state index contributed by atoms with van der Waals surface area (Å²) in [6, 6.07) is 16.2. The van der Waals surface area contributed by atoms with Crippen LogP contribution in [0, 0.1) is 5.82 Å². The van der Waals surface area contributed by atoms with E-state index < -0.39 is 23.6 Å². The van der Waals surface area contributed by atoms with Gasteiger partial charge in [0, 0.05) is 5.69 Å². The highest BCUT2D eigenvalue weighted by atomic mass is 19.1. The van der Waals surface area contributed by atoms with Crippen LogP contribution in [0.25, 0.3) is 0 Å². The normalized spacial score (nSPS) is 10.5. The molecule has 0 saturated carbocycles. The number of ether oxygens (including phenoxy) is 3. The zero-order valence-electron chi connectivity index (χ0n) is 19.6. The minimum atomic E-state index is -1.01. The van der Waals surface area contributed by atoms with Crippen molar-refractivity contribution in [2.24, 2.45) is 5.10 Å². The molecule has 0 unspecified atom stereocenters. The lowest BCUT2D eigenvalue weighted by Crippen LogP contribution is -2.32. The van der Waals surface area contributed by atoms with E-state index in [1.165, 1.54) is 24.4 Å². The molecular weight excluding hydrogens is 469 g/mol. The Hall–Kier alpha value is -4.73. The molecule has 10 heteroatoms. The molecule has 9 nitrogen and oxygen atoms in total. The average Bonchev–Trinajstić information content (AvgIpc) is 2.87. The molecule has 36 heavy (non-hydrogen) atoms. The van der Waals surface area contributed by atoms with Crippen molar-refractivity contribution in [2.75, 3.05) is 18.5 Å². The number of esters is 1. The number of carbonyl (C=O) groups is 3. The maximum absolute atomic E-state index is 12.9. The Bertz CT molecular complexity index is 1240. The van der Waals surface area contributed by atoms with Gasteiger partial charge in [-0.3, -0.25) is 9.59 Å². The van der Waals surface area contributed by atoms with Crippen LogP contribution in [0.15, 0.2) is 71.8 Å². The quantitative estimate of drug-likeness (QED) is 0.153. The summed E-state index contributed by atoms with van der Waals surface area (Å²) >= 11 is 0. The fraction of sp³-hybridized carbons (Fsp3) is 0.154. The summed E-state index contributed by atoms with van der Waals surface area (Å²) in [6.07, 6.45) is 1.30. The van der Waals surface area contributed by atoms with Gasteiger partial charge in [0.05, 0.1) is 25.0 Å². The molecular formula is C26H24FN3O6. The van der Waals surface area contributed by atoms with Gasteiger partial charge in [0.15, 0.2) is 11.5 Å². The summed E-state index contributed by atoms with van der Waals surface area (Å²) in [5.74, 6) is -1.87. The van der Waals surface area contributed by atoms with Crippen LogP contribution in [-0.2, 0) is 9.59 Å². The smallest absolute Gasteiger partial charge is 0.343 e. The van der Waals surface area contributed by atoms with Crippen molar-refractivity contribution in [3.8, 4) is 17.2 Å². The third-order valence-corrected chi connectivity index (χ3v) is 4.56. The van der Waals surface area contributed by atoms with Gasteiger partial charge in [-0.15, -0.1) is 0 Å². The van der Waals surface area contributed by atoms with Gasteiger partial charge >= 0.3 is 17.8 Å². The van der Waals surface area contributed by atoms with Gasteiger partial charge in [0.25, 0.3) is 0 Å². The lowest BCUT2D eigenvalue weighted by Gasteiger charge is -2.11. The molecule has 0 aliphatic heterocycles. The number of amides is 2. The summed E-state index contributed by atoms with van der Waals surface area (Å²) in [5.41, 5.74) is 3.22. The first-order chi connectivity index (χ1) is 17.4. The number of hydrazone groups is 1. The SMILES string of the molecule is CCOc1ccc(C(=O)Oc2ccc(/C=N/NC(=O)C(=O)Nc3ccc(F)cc3)cc2OCC)cc1. The molecule has 2 N–H and O–H groups in total. The molecule has 0 fully saturated rings. The van der Waals surface area contributed by atoms with Gasteiger partial charge in [-0.25, -0.2) is 14.6 Å². The molecule has 0 saturated heterocycles. The zero-order valence-corrected chi connectivity index (χ0v) is 19.6. The van der Waals surface area contributed by atoms with E-state index >= 15 is 0 Å². The molecule has 0 heterocycles. The number of nitrogens with one attached hydrogen (secondary N) is 2. The first-order valence-corrected chi connectivity index (χ1v) is 11.0. The summed E-state index contributed by atoms with van der Waals surface area (Å²) < 4.78 is 29.4. The highest BCUT2D eigenvalue weighted by Gasteiger charge is 2.15. The van der Waals surface area contributed by atoms with Gasteiger partial charge in [-0.1, -0.05) is 0 Å². The van der Waals surface area contributed by atoms with Crippen molar-refractivity contribution in [2.45, 2.75) is 13.8 Å². The van der Waals surface area contributed by atoms with Crippen LogP contribution in [0.2, 0.25) is 0 Å². The van der Waals surface area contributed by atoms with Gasteiger partial charge in [0.2, 0.25) is 0 Å². The fourth-order valence-electron chi connectivity index (χ4n) is 2.91. The number of halogens is 1. The Kier molecular flexibility index (Phi) is 9.10.